The average molecular weight is 449 g/mol. The highest BCUT2D eigenvalue weighted by Gasteiger charge is 2.34. The summed E-state index contributed by atoms with van der Waals surface area (Å²) in [6.45, 7) is 5.06. The standard InChI is InChI=1S/C24H25ClN6O/c1-15-8-9-22(21(25)10-15)31-16(2)23(27-28-31)24(32)30-13-17-6-4-5-7-19(17)20(14-30)18-11-26-29(3)12-18/h4-12,20,27-28H,13-14H2,1-3H3. The number of nitrogens with one attached hydrogen (secondary N) is 2. The second-order valence-electron chi connectivity index (χ2n) is 8.37. The van der Waals surface area contributed by atoms with E-state index >= 15 is 0 Å². The van der Waals surface area contributed by atoms with E-state index in [9.17, 15) is 4.79 Å². The van der Waals surface area contributed by atoms with E-state index < -0.39 is 0 Å². The lowest BCUT2D eigenvalue weighted by Crippen LogP contribution is -2.43. The molecule has 2 aromatic carbocycles. The Labute approximate surface area is 192 Å². The maximum Gasteiger partial charge on any atom is 0.273 e. The van der Waals surface area contributed by atoms with Crippen LogP contribution in [0.2, 0.25) is 5.02 Å². The van der Waals surface area contributed by atoms with Crippen LogP contribution in [0.4, 0.5) is 5.69 Å². The molecule has 0 saturated heterocycles. The Hall–Kier alpha value is -3.29. The summed E-state index contributed by atoms with van der Waals surface area (Å²) in [5.74, 6) is 0.0274. The van der Waals surface area contributed by atoms with Gasteiger partial charge < -0.3 is 4.90 Å². The number of aromatic nitrogens is 2. The number of amides is 1. The van der Waals surface area contributed by atoms with Gasteiger partial charge in [-0.1, -0.05) is 41.9 Å². The zero-order valence-corrected chi connectivity index (χ0v) is 19.0. The van der Waals surface area contributed by atoms with Gasteiger partial charge in [-0.15, -0.1) is 5.53 Å². The van der Waals surface area contributed by atoms with Crippen LogP contribution in [0.25, 0.3) is 0 Å². The summed E-state index contributed by atoms with van der Waals surface area (Å²) < 4.78 is 1.80. The van der Waals surface area contributed by atoms with E-state index in [1.807, 2.05) is 67.5 Å². The quantitative estimate of drug-likeness (QED) is 0.640. The fraction of sp³-hybridized carbons (Fsp3) is 0.250. The van der Waals surface area contributed by atoms with E-state index in [0.29, 0.717) is 23.8 Å². The van der Waals surface area contributed by atoms with Crippen molar-refractivity contribution >= 4 is 23.2 Å². The highest BCUT2D eigenvalue weighted by atomic mass is 35.5. The van der Waals surface area contributed by atoms with Gasteiger partial charge in [0, 0.05) is 32.3 Å². The lowest BCUT2D eigenvalue weighted by Gasteiger charge is -2.34. The van der Waals surface area contributed by atoms with Crippen molar-refractivity contribution in [2.75, 3.05) is 11.6 Å². The van der Waals surface area contributed by atoms with Crippen LogP contribution in [-0.4, -0.2) is 27.1 Å². The summed E-state index contributed by atoms with van der Waals surface area (Å²) in [5.41, 5.74) is 12.8. The van der Waals surface area contributed by atoms with E-state index in [-0.39, 0.29) is 11.8 Å². The van der Waals surface area contributed by atoms with Crippen molar-refractivity contribution in [2.45, 2.75) is 26.3 Å². The number of nitrogens with zero attached hydrogens (tertiary/aromatic N) is 4. The number of carbonyl (C=O) groups excluding carboxylic acids is 1. The molecule has 0 spiro atoms. The summed E-state index contributed by atoms with van der Waals surface area (Å²) in [6.07, 6.45) is 3.91. The number of aryl methyl sites for hydroxylation is 2. The minimum absolute atomic E-state index is 0.0517. The van der Waals surface area contributed by atoms with E-state index in [2.05, 4.69) is 34.3 Å². The Bertz CT molecular complexity index is 1230. The van der Waals surface area contributed by atoms with Crippen LogP contribution in [0.3, 0.4) is 0 Å². The van der Waals surface area contributed by atoms with Crippen LogP contribution in [0.15, 0.2) is 66.3 Å². The topological polar surface area (TPSA) is 65.4 Å². The number of anilines is 1. The molecule has 0 fully saturated rings. The Morgan fingerprint density at radius 3 is 2.75 bits per heavy atom. The van der Waals surface area contributed by atoms with Crippen molar-refractivity contribution in [2.24, 2.45) is 7.05 Å². The Balaban J connectivity index is 1.46. The van der Waals surface area contributed by atoms with Crippen LogP contribution >= 0.6 is 11.6 Å². The van der Waals surface area contributed by atoms with Gasteiger partial charge >= 0.3 is 0 Å². The summed E-state index contributed by atoms with van der Waals surface area (Å²) in [7, 11) is 1.91. The number of rotatable bonds is 3. The zero-order valence-electron chi connectivity index (χ0n) is 18.3. The third kappa shape index (κ3) is 3.53. The molecule has 5 rings (SSSR count). The number of hydrogen-bond acceptors (Lipinski definition) is 5. The first-order chi connectivity index (χ1) is 15.4. The van der Waals surface area contributed by atoms with E-state index in [1.165, 1.54) is 5.56 Å². The monoisotopic (exact) mass is 448 g/mol. The predicted octanol–water partition coefficient (Wildman–Crippen LogP) is 3.62. The average Bonchev–Trinajstić information content (AvgIpc) is 3.38. The van der Waals surface area contributed by atoms with Gasteiger partial charge in [0.25, 0.3) is 5.91 Å². The lowest BCUT2D eigenvalue weighted by atomic mass is 9.86. The SMILES string of the molecule is CC1=C(C(=O)N2Cc3ccccc3C(c3cnn(C)c3)C2)NNN1c1ccc(C)cc1Cl. The minimum atomic E-state index is -0.0517. The van der Waals surface area contributed by atoms with Crippen molar-refractivity contribution in [3.63, 3.8) is 0 Å². The van der Waals surface area contributed by atoms with E-state index in [0.717, 1.165) is 28.1 Å². The van der Waals surface area contributed by atoms with Gasteiger partial charge in [0.05, 0.1) is 22.6 Å². The zero-order chi connectivity index (χ0) is 22.4. The first kappa shape index (κ1) is 20.6. The summed E-state index contributed by atoms with van der Waals surface area (Å²) in [6, 6.07) is 14.2. The third-order valence-electron chi connectivity index (χ3n) is 6.16. The molecular formula is C24H25ClN6O. The van der Waals surface area contributed by atoms with E-state index in [4.69, 9.17) is 11.6 Å². The molecule has 32 heavy (non-hydrogen) atoms. The molecule has 2 N–H and O–H groups in total. The van der Waals surface area contributed by atoms with Crippen LogP contribution in [0.1, 0.15) is 35.1 Å². The van der Waals surface area contributed by atoms with Crippen LogP contribution in [-0.2, 0) is 18.4 Å². The lowest BCUT2D eigenvalue weighted by molar-refractivity contribution is -0.128. The molecule has 0 bridgehead atoms. The number of hydrazine groups is 2. The Morgan fingerprint density at radius 2 is 2.00 bits per heavy atom. The molecule has 1 atom stereocenters. The van der Waals surface area contributed by atoms with Gasteiger partial charge in [0.2, 0.25) is 0 Å². The van der Waals surface area contributed by atoms with Gasteiger partial charge in [0.1, 0.15) is 5.70 Å². The highest BCUT2D eigenvalue weighted by molar-refractivity contribution is 6.33. The van der Waals surface area contributed by atoms with Gasteiger partial charge in [-0.3, -0.25) is 19.9 Å². The fourth-order valence-electron chi connectivity index (χ4n) is 4.47. The molecule has 2 aliphatic rings. The maximum atomic E-state index is 13.6. The second kappa shape index (κ2) is 8.00. The first-order valence-electron chi connectivity index (χ1n) is 10.6. The van der Waals surface area contributed by atoms with Crippen LogP contribution in [0.5, 0.6) is 0 Å². The summed E-state index contributed by atoms with van der Waals surface area (Å²) >= 11 is 6.46. The largest absolute Gasteiger partial charge is 0.332 e. The van der Waals surface area contributed by atoms with Gasteiger partial charge in [-0.25, -0.2) is 0 Å². The molecule has 2 aliphatic heterocycles. The molecule has 1 amide bonds. The molecule has 0 radical (unpaired) electrons. The molecule has 0 aliphatic carbocycles. The molecule has 0 saturated carbocycles. The minimum Gasteiger partial charge on any atom is -0.332 e. The molecule has 7 nitrogen and oxygen atoms in total. The van der Waals surface area contributed by atoms with Crippen molar-refractivity contribution in [1.29, 1.82) is 0 Å². The van der Waals surface area contributed by atoms with Crippen LogP contribution in [0, 0.1) is 6.92 Å². The van der Waals surface area contributed by atoms with Gasteiger partial charge in [0.15, 0.2) is 0 Å². The molecule has 164 valence electrons. The van der Waals surface area contributed by atoms with E-state index in [1.54, 1.807) is 4.68 Å². The number of allylic oxidation sites excluding steroid dienone is 1. The molecule has 3 heterocycles. The van der Waals surface area contributed by atoms with Gasteiger partial charge in [-0.05, 0) is 48.2 Å². The number of hydrogen-bond donors (Lipinski definition) is 2. The second-order valence-corrected chi connectivity index (χ2v) is 8.78. The number of halogens is 1. The van der Waals surface area contributed by atoms with Gasteiger partial charge in [-0.2, -0.15) is 5.10 Å². The van der Waals surface area contributed by atoms with Crippen molar-refractivity contribution in [3.05, 3.63) is 93.5 Å². The fourth-order valence-corrected chi connectivity index (χ4v) is 4.78. The molecule has 8 heteroatoms. The summed E-state index contributed by atoms with van der Waals surface area (Å²) in [4.78, 5) is 15.5. The van der Waals surface area contributed by atoms with Crippen molar-refractivity contribution in [3.8, 4) is 0 Å². The normalized spacial score (nSPS) is 18.1. The Morgan fingerprint density at radius 1 is 1.19 bits per heavy atom. The third-order valence-corrected chi connectivity index (χ3v) is 6.46. The molecule has 1 aromatic heterocycles. The molecule has 1 unspecified atom stereocenters. The smallest absolute Gasteiger partial charge is 0.273 e. The molecule has 3 aromatic rings. The summed E-state index contributed by atoms with van der Waals surface area (Å²) in [5, 5.41) is 6.78. The highest BCUT2D eigenvalue weighted by Crippen LogP contribution is 2.35. The van der Waals surface area contributed by atoms with Crippen LogP contribution < -0.4 is 16.0 Å². The number of carbonyl (C=O) groups is 1. The Kier molecular flexibility index (Phi) is 5.15. The van der Waals surface area contributed by atoms with Crippen molar-refractivity contribution < 1.29 is 4.79 Å². The molecular weight excluding hydrogens is 424 g/mol. The van der Waals surface area contributed by atoms with Crippen molar-refractivity contribution in [1.82, 2.24) is 25.6 Å². The first-order valence-corrected chi connectivity index (χ1v) is 10.9. The number of benzene rings is 2. The maximum absolute atomic E-state index is 13.6. The number of fused-ring (bicyclic) bond motifs is 1. The predicted molar refractivity (Wildman–Crippen MR) is 125 cm³/mol.